The molecule has 0 radical (unpaired) electrons. The molecule has 0 aromatic heterocycles. The molecular formula is C16H12BrF6NO3. The zero-order valence-electron chi connectivity index (χ0n) is 13.2. The lowest BCUT2D eigenvalue weighted by molar-refractivity contribution is -0.138. The van der Waals surface area contributed by atoms with Gasteiger partial charge in [-0.05, 0) is 34.1 Å². The molecule has 2 aromatic rings. The van der Waals surface area contributed by atoms with Gasteiger partial charge in [-0.2, -0.15) is 13.2 Å². The summed E-state index contributed by atoms with van der Waals surface area (Å²) in [5, 5.41) is 20.7. The largest absolute Gasteiger partial charge is 0.448 e. The molecule has 148 valence electrons. The summed E-state index contributed by atoms with van der Waals surface area (Å²) in [4.78, 5) is 0. The molecule has 0 saturated carbocycles. The molecule has 27 heavy (non-hydrogen) atoms. The van der Waals surface area contributed by atoms with E-state index in [2.05, 4.69) is 21.2 Å². The summed E-state index contributed by atoms with van der Waals surface area (Å²) < 4.78 is 84.4. The Kier molecular flexibility index (Phi) is 6.60. The van der Waals surface area contributed by atoms with Crippen LogP contribution in [-0.2, 0) is 6.18 Å². The molecule has 1 unspecified atom stereocenters. The van der Waals surface area contributed by atoms with E-state index in [9.17, 15) is 31.4 Å². The summed E-state index contributed by atoms with van der Waals surface area (Å²) in [5.41, 5.74) is -1.69. The van der Waals surface area contributed by atoms with Crippen LogP contribution in [0.2, 0.25) is 0 Å². The molecule has 0 bridgehead atoms. The maximum atomic E-state index is 14.0. The second kappa shape index (κ2) is 8.36. The number of ether oxygens (including phenoxy) is 1. The third-order valence-corrected chi connectivity index (χ3v) is 3.87. The number of rotatable bonds is 6. The van der Waals surface area contributed by atoms with Crippen LogP contribution in [0.1, 0.15) is 5.56 Å². The van der Waals surface area contributed by atoms with Gasteiger partial charge in [-0.25, -0.2) is 13.2 Å². The predicted octanol–water partition coefficient (Wildman–Crippen LogP) is 4.44. The smallest absolute Gasteiger partial charge is 0.416 e. The number of anilines is 1. The average molecular weight is 460 g/mol. The van der Waals surface area contributed by atoms with Gasteiger partial charge in [0.15, 0.2) is 23.1 Å². The van der Waals surface area contributed by atoms with Crippen molar-refractivity contribution in [1.82, 2.24) is 0 Å². The lowest BCUT2D eigenvalue weighted by atomic mass is 10.2. The highest BCUT2D eigenvalue weighted by Crippen LogP contribution is 2.41. The van der Waals surface area contributed by atoms with E-state index in [0.29, 0.717) is 0 Å². The fourth-order valence-electron chi connectivity index (χ4n) is 2.01. The van der Waals surface area contributed by atoms with Gasteiger partial charge in [0, 0.05) is 12.6 Å². The third-order valence-electron chi connectivity index (χ3n) is 3.28. The Morgan fingerprint density at radius 2 is 1.63 bits per heavy atom. The van der Waals surface area contributed by atoms with Gasteiger partial charge in [-0.1, -0.05) is 0 Å². The quantitative estimate of drug-likeness (QED) is 0.558. The van der Waals surface area contributed by atoms with Crippen LogP contribution >= 0.6 is 15.9 Å². The standard InChI is InChI=1S/C16H12BrF6NO3/c17-10-3-8(18)4-13(24-5-9(26)6-25)14(10)27-15-11(19)1-7(2-12(15)20)16(21,22)23/h1-4,9,24-26H,5-6H2. The first kappa shape index (κ1) is 21.3. The summed E-state index contributed by atoms with van der Waals surface area (Å²) in [6.07, 6.45) is -6.18. The first-order valence-corrected chi connectivity index (χ1v) is 8.08. The van der Waals surface area contributed by atoms with Gasteiger partial charge in [-0.3, -0.25) is 0 Å². The second-order valence-corrected chi connectivity index (χ2v) is 6.20. The van der Waals surface area contributed by atoms with Crippen molar-refractivity contribution in [1.29, 1.82) is 0 Å². The van der Waals surface area contributed by atoms with Crippen molar-refractivity contribution >= 4 is 21.6 Å². The van der Waals surface area contributed by atoms with Gasteiger partial charge in [0.05, 0.1) is 28.4 Å². The van der Waals surface area contributed by atoms with Crippen molar-refractivity contribution in [2.24, 2.45) is 0 Å². The molecule has 2 rings (SSSR count). The average Bonchev–Trinajstić information content (AvgIpc) is 2.56. The minimum atomic E-state index is -4.95. The van der Waals surface area contributed by atoms with Gasteiger partial charge < -0.3 is 20.3 Å². The number of nitrogens with one attached hydrogen (secondary N) is 1. The first-order valence-electron chi connectivity index (χ1n) is 7.29. The highest BCUT2D eigenvalue weighted by Gasteiger charge is 2.33. The van der Waals surface area contributed by atoms with E-state index >= 15 is 0 Å². The van der Waals surface area contributed by atoms with Crippen molar-refractivity contribution in [2.45, 2.75) is 12.3 Å². The second-order valence-electron chi connectivity index (χ2n) is 5.35. The van der Waals surface area contributed by atoms with Crippen LogP contribution in [-0.4, -0.2) is 29.5 Å². The summed E-state index contributed by atoms with van der Waals surface area (Å²) in [7, 11) is 0. The molecule has 0 aliphatic carbocycles. The lowest BCUT2D eigenvalue weighted by Crippen LogP contribution is -2.23. The van der Waals surface area contributed by atoms with E-state index in [4.69, 9.17) is 9.84 Å². The van der Waals surface area contributed by atoms with Crippen LogP contribution in [0.5, 0.6) is 11.5 Å². The Labute approximate surface area is 157 Å². The maximum Gasteiger partial charge on any atom is 0.416 e. The molecule has 0 amide bonds. The van der Waals surface area contributed by atoms with Gasteiger partial charge >= 0.3 is 6.18 Å². The molecule has 0 heterocycles. The van der Waals surface area contributed by atoms with Crippen LogP contribution in [0.4, 0.5) is 32.0 Å². The van der Waals surface area contributed by atoms with Gasteiger partial charge in [0.1, 0.15) is 5.82 Å². The molecule has 2 aromatic carbocycles. The summed E-state index contributed by atoms with van der Waals surface area (Å²) in [6, 6.07) is 1.92. The van der Waals surface area contributed by atoms with Gasteiger partial charge in [0.25, 0.3) is 0 Å². The highest BCUT2D eigenvalue weighted by molar-refractivity contribution is 9.10. The van der Waals surface area contributed by atoms with E-state index in [1.165, 1.54) is 0 Å². The Morgan fingerprint density at radius 1 is 1.04 bits per heavy atom. The molecule has 0 aliphatic heterocycles. The molecule has 4 nitrogen and oxygen atoms in total. The van der Waals surface area contributed by atoms with E-state index in [-0.39, 0.29) is 34.6 Å². The molecule has 11 heteroatoms. The van der Waals surface area contributed by atoms with Crippen LogP contribution in [0, 0.1) is 17.5 Å². The van der Waals surface area contributed by atoms with E-state index < -0.39 is 47.7 Å². The van der Waals surface area contributed by atoms with Crippen molar-refractivity contribution in [3.05, 3.63) is 51.8 Å². The molecule has 0 saturated heterocycles. The fourth-order valence-corrected chi connectivity index (χ4v) is 2.52. The van der Waals surface area contributed by atoms with Gasteiger partial charge in [0.2, 0.25) is 0 Å². The van der Waals surface area contributed by atoms with Crippen molar-refractivity contribution in [3.63, 3.8) is 0 Å². The fraction of sp³-hybridized carbons (Fsp3) is 0.250. The zero-order chi connectivity index (χ0) is 20.4. The predicted molar refractivity (Wildman–Crippen MR) is 87.1 cm³/mol. The van der Waals surface area contributed by atoms with Crippen molar-refractivity contribution in [2.75, 3.05) is 18.5 Å². The first-order chi connectivity index (χ1) is 12.5. The molecule has 3 N–H and O–H groups in total. The number of aliphatic hydroxyl groups excluding tert-OH is 2. The minimum absolute atomic E-state index is 0.0679. The number of halogens is 7. The van der Waals surface area contributed by atoms with Crippen molar-refractivity contribution < 1.29 is 41.3 Å². The Balaban J connectivity index is 2.42. The van der Waals surface area contributed by atoms with Crippen LogP contribution < -0.4 is 10.1 Å². The van der Waals surface area contributed by atoms with E-state index in [0.717, 1.165) is 12.1 Å². The lowest BCUT2D eigenvalue weighted by Gasteiger charge is -2.17. The Hall–Kier alpha value is -1.98. The Bertz CT molecular complexity index is 808. The number of alkyl halides is 3. The number of hydrogen-bond donors (Lipinski definition) is 3. The zero-order valence-corrected chi connectivity index (χ0v) is 14.8. The topological polar surface area (TPSA) is 61.7 Å². The van der Waals surface area contributed by atoms with Crippen molar-refractivity contribution in [3.8, 4) is 11.5 Å². The number of aliphatic hydroxyl groups is 2. The van der Waals surface area contributed by atoms with E-state index in [1.807, 2.05) is 0 Å². The van der Waals surface area contributed by atoms with Gasteiger partial charge in [-0.15, -0.1) is 0 Å². The number of benzene rings is 2. The minimum Gasteiger partial charge on any atom is -0.448 e. The molecule has 1 atom stereocenters. The summed E-state index contributed by atoms with van der Waals surface area (Å²) in [5.74, 6) is -5.46. The van der Waals surface area contributed by atoms with E-state index in [1.54, 1.807) is 0 Å². The van der Waals surface area contributed by atoms with Crippen LogP contribution in [0.3, 0.4) is 0 Å². The maximum absolute atomic E-state index is 14.0. The molecular weight excluding hydrogens is 448 g/mol. The molecule has 0 spiro atoms. The monoisotopic (exact) mass is 459 g/mol. The number of hydrogen-bond acceptors (Lipinski definition) is 4. The van der Waals surface area contributed by atoms with Crippen LogP contribution in [0.15, 0.2) is 28.7 Å². The Morgan fingerprint density at radius 3 is 2.15 bits per heavy atom. The summed E-state index contributed by atoms with van der Waals surface area (Å²) in [6.45, 7) is -0.872. The summed E-state index contributed by atoms with van der Waals surface area (Å²) >= 11 is 2.93. The molecule has 0 aliphatic rings. The van der Waals surface area contributed by atoms with Crippen LogP contribution in [0.25, 0.3) is 0 Å². The molecule has 0 fully saturated rings. The normalized spacial score (nSPS) is 12.8. The SMILES string of the molecule is OCC(O)CNc1cc(F)cc(Br)c1Oc1c(F)cc(C(F)(F)F)cc1F. The highest BCUT2D eigenvalue weighted by atomic mass is 79.9. The third kappa shape index (κ3) is 5.27.